The molecule has 1 aliphatic heterocycles. The highest BCUT2D eigenvalue weighted by molar-refractivity contribution is 6.74. The van der Waals surface area contributed by atoms with E-state index < -0.39 is 41.2 Å². The Labute approximate surface area is 229 Å². The van der Waals surface area contributed by atoms with Gasteiger partial charge in [-0.1, -0.05) is 48.5 Å². The number of hydrogen-bond donors (Lipinski definition) is 1. The van der Waals surface area contributed by atoms with Gasteiger partial charge in [-0.15, -0.1) is 0 Å². The number of aromatic nitrogens is 4. The average molecular weight is 566 g/mol. The van der Waals surface area contributed by atoms with E-state index in [0.29, 0.717) is 30.6 Å². The number of fused-ring (bicyclic) bond motifs is 1. The summed E-state index contributed by atoms with van der Waals surface area (Å²) in [7, 11) is -4.39. The average Bonchev–Trinajstić information content (AvgIpc) is 3.33. The normalized spacial score (nSPS) is 23.2. The van der Waals surface area contributed by atoms with Gasteiger partial charge in [-0.25, -0.2) is 15.0 Å². The quantitative estimate of drug-likeness (QED) is 0.313. The first-order valence-electron chi connectivity index (χ1n) is 13.5. The molecule has 0 unspecified atom stereocenters. The second-order valence-electron chi connectivity index (χ2n) is 13.3. The van der Waals surface area contributed by atoms with Crippen molar-refractivity contribution in [2.24, 2.45) is 0 Å². The van der Waals surface area contributed by atoms with E-state index in [1.54, 1.807) is 10.9 Å². The number of nitrogens with zero attached hydrogens (tertiary/aromatic N) is 4. The van der Waals surface area contributed by atoms with Crippen LogP contribution in [0.25, 0.3) is 11.2 Å². The molecule has 12 heteroatoms. The number of hydrogen-bond acceptors (Lipinski definition) is 9. The molecule has 1 fully saturated rings. The summed E-state index contributed by atoms with van der Waals surface area (Å²) < 4.78 is 28.1. The number of imidazole rings is 1. The van der Waals surface area contributed by atoms with Crippen LogP contribution in [0.15, 0.2) is 12.7 Å². The highest BCUT2D eigenvalue weighted by Crippen LogP contribution is 2.44. The van der Waals surface area contributed by atoms with Gasteiger partial charge in [0.05, 0.1) is 12.9 Å². The van der Waals surface area contributed by atoms with Crippen LogP contribution in [0.1, 0.15) is 67.5 Å². The molecule has 2 aromatic heterocycles. The molecule has 2 N–H and O–H groups in total. The van der Waals surface area contributed by atoms with E-state index in [9.17, 15) is 4.79 Å². The zero-order valence-corrected chi connectivity index (χ0v) is 27.0. The first kappa shape index (κ1) is 30.7. The Hall–Kier alpha value is -1.87. The third-order valence-corrected chi connectivity index (χ3v) is 17.3. The Balaban J connectivity index is 2.07. The van der Waals surface area contributed by atoms with Gasteiger partial charge in [0, 0.05) is 6.42 Å². The van der Waals surface area contributed by atoms with Gasteiger partial charge in [0.2, 0.25) is 0 Å². The summed E-state index contributed by atoms with van der Waals surface area (Å²) >= 11 is 0. The SMILES string of the molecule is CCCC(=O)O[C@H]1[C@H](O[Si](C)(C)C(C)(C)C)[C@@H](CO[Si](C)(C)C(C)(C)C)O[C@H]1n1cnc2c(N)ncnc21. The predicted molar refractivity (Wildman–Crippen MR) is 154 cm³/mol. The molecule has 0 amide bonds. The second-order valence-corrected chi connectivity index (χ2v) is 22.8. The summed E-state index contributed by atoms with van der Waals surface area (Å²) in [5.41, 5.74) is 7.04. The summed E-state index contributed by atoms with van der Waals surface area (Å²) in [6, 6.07) is 0. The molecule has 1 aliphatic rings. The zero-order valence-electron chi connectivity index (χ0n) is 25.0. The second kappa shape index (κ2) is 11.0. The van der Waals surface area contributed by atoms with Crippen molar-refractivity contribution < 1.29 is 23.1 Å². The number of esters is 1. The van der Waals surface area contributed by atoms with Crippen molar-refractivity contribution >= 4 is 39.6 Å². The highest BCUT2D eigenvalue weighted by atomic mass is 28.4. The van der Waals surface area contributed by atoms with Crippen LogP contribution >= 0.6 is 0 Å². The van der Waals surface area contributed by atoms with Gasteiger partial charge in [-0.2, -0.15) is 0 Å². The molecule has 0 spiro atoms. The lowest BCUT2D eigenvalue weighted by Crippen LogP contribution is -2.51. The molecule has 0 radical (unpaired) electrons. The Kier molecular flexibility index (Phi) is 8.84. The molecule has 0 saturated carbocycles. The van der Waals surface area contributed by atoms with E-state index in [2.05, 4.69) is 82.7 Å². The Morgan fingerprint density at radius 3 is 2.24 bits per heavy atom. The van der Waals surface area contributed by atoms with E-state index in [4.69, 9.17) is 24.1 Å². The molecule has 38 heavy (non-hydrogen) atoms. The van der Waals surface area contributed by atoms with Crippen molar-refractivity contribution in [3.63, 3.8) is 0 Å². The van der Waals surface area contributed by atoms with E-state index in [1.807, 2.05) is 6.92 Å². The van der Waals surface area contributed by atoms with Crippen molar-refractivity contribution in [3.8, 4) is 0 Å². The minimum absolute atomic E-state index is 0.0305. The summed E-state index contributed by atoms with van der Waals surface area (Å²) in [5.74, 6) is -0.0161. The van der Waals surface area contributed by atoms with Crippen molar-refractivity contribution in [2.75, 3.05) is 12.3 Å². The van der Waals surface area contributed by atoms with Gasteiger partial charge in [0.1, 0.15) is 24.1 Å². The van der Waals surface area contributed by atoms with Gasteiger partial charge in [0.25, 0.3) is 0 Å². The molecular weight excluding hydrogens is 518 g/mol. The Bertz CT molecular complexity index is 1130. The van der Waals surface area contributed by atoms with Crippen LogP contribution in [0.3, 0.4) is 0 Å². The van der Waals surface area contributed by atoms with Gasteiger partial charge in [0.15, 0.2) is 40.4 Å². The van der Waals surface area contributed by atoms with E-state index >= 15 is 0 Å². The minimum atomic E-state index is -2.30. The Morgan fingerprint density at radius 1 is 1.03 bits per heavy atom. The third-order valence-electron chi connectivity index (χ3n) is 8.32. The maximum atomic E-state index is 12.9. The number of carbonyl (C=O) groups is 1. The van der Waals surface area contributed by atoms with Gasteiger partial charge < -0.3 is 24.1 Å². The van der Waals surface area contributed by atoms with Crippen LogP contribution in [-0.2, 0) is 23.1 Å². The molecule has 2 aromatic rings. The molecule has 1 saturated heterocycles. The molecule has 10 nitrogen and oxygen atoms in total. The molecule has 0 bridgehead atoms. The molecule has 3 rings (SSSR count). The molecule has 0 aromatic carbocycles. The van der Waals surface area contributed by atoms with Gasteiger partial charge in [-0.3, -0.25) is 9.36 Å². The first-order chi connectivity index (χ1) is 17.4. The molecule has 0 aliphatic carbocycles. The minimum Gasteiger partial charge on any atom is -0.455 e. The summed E-state index contributed by atoms with van der Waals surface area (Å²) in [4.78, 5) is 25.8. The van der Waals surface area contributed by atoms with Crippen LogP contribution in [0.4, 0.5) is 5.82 Å². The van der Waals surface area contributed by atoms with Crippen LogP contribution in [0.5, 0.6) is 0 Å². The summed E-state index contributed by atoms with van der Waals surface area (Å²) in [6.07, 6.45) is 1.58. The summed E-state index contributed by atoms with van der Waals surface area (Å²) in [6.45, 7) is 24.3. The van der Waals surface area contributed by atoms with Crippen molar-refractivity contribution in [1.29, 1.82) is 0 Å². The van der Waals surface area contributed by atoms with Crippen LogP contribution < -0.4 is 5.73 Å². The fourth-order valence-electron chi connectivity index (χ4n) is 3.83. The topological polar surface area (TPSA) is 124 Å². The fourth-order valence-corrected chi connectivity index (χ4v) is 6.16. The first-order valence-corrected chi connectivity index (χ1v) is 19.3. The molecule has 4 atom stereocenters. The van der Waals surface area contributed by atoms with E-state index in [1.165, 1.54) is 6.33 Å². The van der Waals surface area contributed by atoms with Crippen molar-refractivity contribution in [1.82, 2.24) is 19.5 Å². The number of anilines is 1. The predicted octanol–water partition coefficient (Wildman–Crippen LogP) is 5.43. The maximum absolute atomic E-state index is 12.9. The lowest BCUT2D eigenvalue weighted by molar-refractivity contribution is -0.158. The zero-order chi connectivity index (χ0) is 28.7. The fraction of sp³-hybridized carbons (Fsp3) is 0.769. The van der Waals surface area contributed by atoms with Gasteiger partial charge >= 0.3 is 5.97 Å². The number of carbonyl (C=O) groups excluding carboxylic acids is 1. The third kappa shape index (κ3) is 6.30. The highest BCUT2D eigenvalue weighted by Gasteiger charge is 2.53. The van der Waals surface area contributed by atoms with Crippen LogP contribution in [0.2, 0.25) is 36.3 Å². The number of nitrogen functional groups attached to an aromatic ring is 1. The maximum Gasteiger partial charge on any atom is 0.306 e. The Morgan fingerprint density at radius 2 is 1.66 bits per heavy atom. The monoisotopic (exact) mass is 565 g/mol. The van der Waals surface area contributed by atoms with Crippen molar-refractivity contribution in [3.05, 3.63) is 12.7 Å². The lowest BCUT2D eigenvalue weighted by atomic mass is 10.1. The van der Waals surface area contributed by atoms with E-state index in [0.717, 1.165) is 0 Å². The summed E-state index contributed by atoms with van der Waals surface area (Å²) in [5, 5.41) is -0.0277. The number of ether oxygens (including phenoxy) is 2. The van der Waals surface area contributed by atoms with E-state index in [-0.39, 0.29) is 21.9 Å². The van der Waals surface area contributed by atoms with Gasteiger partial charge in [-0.05, 0) is 42.7 Å². The molecule has 214 valence electrons. The van der Waals surface area contributed by atoms with Crippen LogP contribution in [0, 0.1) is 0 Å². The smallest absolute Gasteiger partial charge is 0.306 e. The number of rotatable bonds is 9. The lowest BCUT2D eigenvalue weighted by Gasteiger charge is -2.41. The molecular formula is C26H47N5O5Si2. The molecule has 3 heterocycles. The largest absolute Gasteiger partial charge is 0.455 e. The standard InChI is InChI=1S/C26H47N5O5Si2/c1-12-13-18(32)35-21-20(36-38(10,11)26(5,6)7)17(14-33-37(8,9)25(2,3)4)34-24(21)31-16-30-19-22(27)28-15-29-23(19)31/h15-17,20-21,24H,12-14H2,1-11H3,(H2,27,28,29)/t17-,20-,21+,24-/m1/s1. The van der Waals surface area contributed by atoms with Crippen LogP contribution in [-0.4, -0.2) is 67.0 Å². The van der Waals surface area contributed by atoms with Crippen molar-refractivity contribution in [2.45, 2.75) is 122 Å². The number of nitrogens with two attached hydrogens (primary N) is 1.